The van der Waals surface area contributed by atoms with E-state index >= 15 is 0 Å². The number of nitrogens with two attached hydrogens (primary N) is 1. The van der Waals surface area contributed by atoms with Gasteiger partial charge in [0.1, 0.15) is 0 Å². The Hall–Kier alpha value is -0.570. The summed E-state index contributed by atoms with van der Waals surface area (Å²) in [5.74, 6) is 0.330. The van der Waals surface area contributed by atoms with Crippen LogP contribution in [0.4, 0.5) is 0 Å². The van der Waals surface area contributed by atoms with Crippen LogP contribution < -0.4 is 5.73 Å². The van der Waals surface area contributed by atoms with E-state index in [0.717, 1.165) is 51.7 Å². The van der Waals surface area contributed by atoms with Crippen LogP contribution in [0.2, 0.25) is 0 Å². The van der Waals surface area contributed by atoms with Crippen LogP contribution in [-0.4, -0.2) is 30.4 Å². The minimum absolute atomic E-state index is 0.265. The fourth-order valence-corrected chi connectivity index (χ4v) is 1.99. The van der Waals surface area contributed by atoms with Gasteiger partial charge in [0, 0.05) is 19.5 Å². The van der Waals surface area contributed by atoms with E-state index in [1.807, 2.05) is 4.90 Å². The summed E-state index contributed by atoms with van der Waals surface area (Å²) in [4.78, 5) is 13.8. The summed E-state index contributed by atoms with van der Waals surface area (Å²) in [5, 5.41) is 0. The number of rotatable bonds is 4. The fraction of sp³-hybridized carbons (Fsp3) is 0.917. The minimum Gasteiger partial charge on any atom is -0.343 e. The maximum atomic E-state index is 11.8. The van der Waals surface area contributed by atoms with Gasteiger partial charge in [0.25, 0.3) is 0 Å². The van der Waals surface area contributed by atoms with Crippen molar-refractivity contribution in [1.82, 2.24) is 4.90 Å². The second-order valence-electron chi connectivity index (χ2n) is 5.00. The molecule has 0 aromatic heterocycles. The number of unbranched alkanes of at least 4 members (excludes halogenated alkanes) is 1. The first kappa shape index (κ1) is 12.5. The van der Waals surface area contributed by atoms with E-state index in [1.54, 1.807) is 0 Å². The summed E-state index contributed by atoms with van der Waals surface area (Å²) >= 11 is 0. The Bertz CT molecular complexity index is 208. The Balaban J connectivity index is 2.33. The SMILES string of the molecule is CCCCC(=O)N1CCC(C)(CN)CC1. The van der Waals surface area contributed by atoms with E-state index in [0.29, 0.717) is 5.91 Å². The lowest BCUT2D eigenvalue weighted by Crippen LogP contribution is -2.44. The number of carbonyl (C=O) groups is 1. The summed E-state index contributed by atoms with van der Waals surface area (Å²) in [6.07, 6.45) is 4.95. The van der Waals surface area contributed by atoms with Crippen molar-refractivity contribution in [2.75, 3.05) is 19.6 Å². The molecule has 1 aliphatic rings. The largest absolute Gasteiger partial charge is 0.343 e. The fourth-order valence-electron chi connectivity index (χ4n) is 1.99. The van der Waals surface area contributed by atoms with E-state index < -0.39 is 0 Å². The summed E-state index contributed by atoms with van der Waals surface area (Å²) in [6, 6.07) is 0. The first-order chi connectivity index (χ1) is 7.11. The minimum atomic E-state index is 0.265. The van der Waals surface area contributed by atoms with E-state index in [-0.39, 0.29) is 5.41 Å². The van der Waals surface area contributed by atoms with Crippen molar-refractivity contribution in [3.8, 4) is 0 Å². The molecule has 1 fully saturated rings. The van der Waals surface area contributed by atoms with Gasteiger partial charge in [0.15, 0.2) is 0 Å². The molecule has 0 aliphatic carbocycles. The third kappa shape index (κ3) is 3.49. The Labute approximate surface area is 93.0 Å². The van der Waals surface area contributed by atoms with Crippen LogP contribution in [0.5, 0.6) is 0 Å². The molecule has 1 aliphatic heterocycles. The van der Waals surface area contributed by atoms with Gasteiger partial charge in [-0.1, -0.05) is 20.3 Å². The Morgan fingerprint density at radius 3 is 2.47 bits per heavy atom. The molecule has 0 aromatic carbocycles. The molecule has 1 rings (SSSR count). The summed E-state index contributed by atoms with van der Waals surface area (Å²) in [7, 11) is 0. The zero-order valence-corrected chi connectivity index (χ0v) is 10.1. The van der Waals surface area contributed by atoms with Crippen molar-refractivity contribution in [2.45, 2.75) is 46.0 Å². The van der Waals surface area contributed by atoms with Gasteiger partial charge in [-0.05, 0) is 31.2 Å². The molecule has 3 nitrogen and oxygen atoms in total. The van der Waals surface area contributed by atoms with Crippen molar-refractivity contribution in [2.24, 2.45) is 11.1 Å². The number of hydrogen-bond donors (Lipinski definition) is 1. The smallest absolute Gasteiger partial charge is 0.222 e. The molecule has 1 heterocycles. The van der Waals surface area contributed by atoms with Gasteiger partial charge in [-0.2, -0.15) is 0 Å². The summed E-state index contributed by atoms with van der Waals surface area (Å²) < 4.78 is 0. The van der Waals surface area contributed by atoms with Crippen LogP contribution in [0.3, 0.4) is 0 Å². The van der Waals surface area contributed by atoms with Crippen LogP contribution in [0.15, 0.2) is 0 Å². The van der Waals surface area contributed by atoms with Crippen molar-refractivity contribution in [1.29, 1.82) is 0 Å². The first-order valence-corrected chi connectivity index (χ1v) is 6.09. The molecule has 0 saturated carbocycles. The average molecular weight is 212 g/mol. The van der Waals surface area contributed by atoms with Crippen molar-refractivity contribution in [3.63, 3.8) is 0 Å². The van der Waals surface area contributed by atoms with E-state index in [2.05, 4.69) is 13.8 Å². The Morgan fingerprint density at radius 1 is 1.40 bits per heavy atom. The number of likely N-dealkylation sites (tertiary alicyclic amines) is 1. The third-order valence-corrected chi connectivity index (χ3v) is 3.56. The van der Waals surface area contributed by atoms with Gasteiger partial charge in [0.05, 0.1) is 0 Å². The number of piperidine rings is 1. The van der Waals surface area contributed by atoms with Crippen molar-refractivity contribution in [3.05, 3.63) is 0 Å². The molecule has 0 bridgehead atoms. The highest BCUT2D eigenvalue weighted by Crippen LogP contribution is 2.29. The molecule has 3 heteroatoms. The molecule has 2 N–H and O–H groups in total. The van der Waals surface area contributed by atoms with Crippen LogP contribution in [0.25, 0.3) is 0 Å². The number of nitrogens with zero attached hydrogens (tertiary/aromatic N) is 1. The summed E-state index contributed by atoms with van der Waals surface area (Å²) in [5.41, 5.74) is 6.00. The van der Waals surface area contributed by atoms with Gasteiger partial charge in [0.2, 0.25) is 5.91 Å². The molecule has 0 atom stereocenters. The molecule has 0 aromatic rings. The zero-order chi connectivity index (χ0) is 11.3. The monoisotopic (exact) mass is 212 g/mol. The molecule has 0 radical (unpaired) electrons. The summed E-state index contributed by atoms with van der Waals surface area (Å²) in [6.45, 7) is 6.88. The number of amides is 1. The second-order valence-corrected chi connectivity index (χ2v) is 5.00. The number of carbonyl (C=O) groups excluding carboxylic acids is 1. The first-order valence-electron chi connectivity index (χ1n) is 6.09. The Kier molecular flexibility index (Phi) is 4.58. The predicted molar refractivity (Wildman–Crippen MR) is 62.5 cm³/mol. The van der Waals surface area contributed by atoms with E-state index in [9.17, 15) is 4.79 Å². The highest BCUT2D eigenvalue weighted by atomic mass is 16.2. The quantitative estimate of drug-likeness (QED) is 0.772. The van der Waals surface area contributed by atoms with Crippen LogP contribution in [-0.2, 0) is 4.79 Å². The van der Waals surface area contributed by atoms with Crippen LogP contribution in [0.1, 0.15) is 46.0 Å². The maximum absolute atomic E-state index is 11.8. The lowest BCUT2D eigenvalue weighted by molar-refractivity contribution is -0.133. The molecular formula is C12H24N2O. The van der Waals surface area contributed by atoms with E-state index in [4.69, 9.17) is 5.73 Å². The highest BCUT2D eigenvalue weighted by molar-refractivity contribution is 5.76. The second kappa shape index (κ2) is 5.50. The number of hydrogen-bond acceptors (Lipinski definition) is 2. The average Bonchev–Trinajstić information content (AvgIpc) is 2.27. The lowest BCUT2D eigenvalue weighted by atomic mass is 9.80. The maximum Gasteiger partial charge on any atom is 0.222 e. The van der Waals surface area contributed by atoms with Crippen LogP contribution in [0, 0.1) is 5.41 Å². The van der Waals surface area contributed by atoms with Gasteiger partial charge in [-0.3, -0.25) is 4.79 Å². The molecule has 88 valence electrons. The molecule has 15 heavy (non-hydrogen) atoms. The van der Waals surface area contributed by atoms with Gasteiger partial charge < -0.3 is 10.6 Å². The lowest BCUT2D eigenvalue weighted by Gasteiger charge is -2.38. The molecule has 1 saturated heterocycles. The Morgan fingerprint density at radius 2 is 2.00 bits per heavy atom. The molecular weight excluding hydrogens is 188 g/mol. The highest BCUT2D eigenvalue weighted by Gasteiger charge is 2.30. The molecule has 0 unspecified atom stereocenters. The molecule has 1 amide bonds. The standard InChI is InChI=1S/C12H24N2O/c1-3-4-5-11(15)14-8-6-12(2,10-13)7-9-14/h3-10,13H2,1-2H3. The van der Waals surface area contributed by atoms with E-state index in [1.165, 1.54) is 0 Å². The molecule has 0 spiro atoms. The van der Waals surface area contributed by atoms with Gasteiger partial charge >= 0.3 is 0 Å². The predicted octanol–water partition coefficient (Wildman–Crippen LogP) is 1.76. The van der Waals surface area contributed by atoms with Gasteiger partial charge in [-0.25, -0.2) is 0 Å². The van der Waals surface area contributed by atoms with Crippen molar-refractivity contribution < 1.29 is 4.79 Å². The topological polar surface area (TPSA) is 46.3 Å². The van der Waals surface area contributed by atoms with Gasteiger partial charge in [-0.15, -0.1) is 0 Å². The van der Waals surface area contributed by atoms with Crippen molar-refractivity contribution >= 4 is 5.91 Å². The van der Waals surface area contributed by atoms with Crippen LogP contribution >= 0.6 is 0 Å². The normalized spacial score (nSPS) is 20.3. The third-order valence-electron chi connectivity index (χ3n) is 3.56. The zero-order valence-electron chi connectivity index (χ0n) is 10.1.